The summed E-state index contributed by atoms with van der Waals surface area (Å²) in [5.74, 6) is 1.37. The molecule has 112 valence electrons. The van der Waals surface area contributed by atoms with Gasteiger partial charge in [0.25, 0.3) is 0 Å². The molecule has 1 fully saturated rings. The maximum absolute atomic E-state index is 10.2. The summed E-state index contributed by atoms with van der Waals surface area (Å²) in [7, 11) is 0. The van der Waals surface area contributed by atoms with Crippen molar-refractivity contribution in [2.75, 3.05) is 6.61 Å². The second-order valence-corrected chi connectivity index (χ2v) is 6.55. The number of hydrogen-bond acceptors (Lipinski definition) is 2. The molecule has 1 atom stereocenters. The van der Waals surface area contributed by atoms with E-state index >= 15 is 0 Å². The first-order valence-electron chi connectivity index (χ1n) is 7.95. The van der Waals surface area contributed by atoms with Crippen molar-refractivity contribution < 1.29 is 9.84 Å². The highest BCUT2D eigenvalue weighted by Crippen LogP contribution is 2.26. The van der Waals surface area contributed by atoms with Gasteiger partial charge in [-0.1, -0.05) is 45.0 Å². The molecule has 2 heteroatoms. The van der Waals surface area contributed by atoms with Crippen molar-refractivity contribution in [1.82, 2.24) is 0 Å². The summed E-state index contributed by atoms with van der Waals surface area (Å²) in [5, 5.41) is 10.2. The van der Waals surface area contributed by atoms with E-state index in [-0.39, 0.29) is 0 Å². The van der Waals surface area contributed by atoms with Crippen molar-refractivity contribution in [3.05, 3.63) is 35.4 Å². The Labute approximate surface area is 123 Å². The van der Waals surface area contributed by atoms with Gasteiger partial charge in [0.2, 0.25) is 0 Å². The second-order valence-electron chi connectivity index (χ2n) is 6.55. The molecule has 2 nitrogen and oxygen atoms in total. The molecule has 1 unspecified atom stereocenters. The van der Waals surface area contributed by atoms with Gasteiger partial charge in [0.15, 0.2) is 0 Å². The van der Waals surface area contributed by atoms with E-state index in [9.17, 15) is 5.11 Å². The van der Waals surface area contributed by atoms with Crippen molar-refractivity contribution in [1.29, 1.82) is 0 Å². The van der Waals surface area contributed by atoms with Crippen LogP contribution in [0.4, 0.5) is 0 Å². The van der Waals surface area contributed by atoms with Crippen LogP contribution in [0.15, 0.2) is 24.3 Å². The first kappa shape index (κ1) is 15.5. The Morgan fingerprint density at radius 2 is 1.60 bits per heavy atom. The standard InChI is InChI=1S/C18H28O2/c1-13(2)15-6-8-16(9-7-15)18(19)12-20-17-10-4-14(3)5-11-17/h6-9,13-14,17-19H,4-5,10-12H2,1-3H3. The van der Waals surface area contributed by atoms with Crippen LogP contribution >= 0.6 is 0 Å². The number of ether oxygens (including phenoxy) is 1. The smallest absolute Gasteiger partial charge is 0.102 e. The van der Waals surface area contributed by atoms with Gasteiger partial charge in [-0.05, 0) is 48.6 Å². The fourth-order valence-electron chi connectivity index (χ4n) is 2.82. The molecule has 0 aromatic heterocycles. The van der Waals surface area contributed by atoms with Gasteiger partial charge in [-0.25, -0.2) is 0 Å². The molecule has 2 rings (SSSR count). The normalized spacial score (nSPS) is 24.9. The van der Waals surface area contributed by atoms with Gasteiger partial charge < -0.3 is 9.84 Å². The van der Waals surface area contributed by atoms with Crippen LogP contribution < -0.4 is 0 Å². The summed E-state index contributed by atoms with van der Waals surface area (Å²) in [4.78, 5) is 0. The summed E-state index contributed by atoms with van der Waals surface area (Å²) >= 11 is 0. The molecule has 1 aromatic rings. The highest BCUT2D eigenvalue weighted by atomic mass is 16.5. The van der Waals surface area contributed by atoms with Crippen LogP contribution in [0.1, 0.15) is 69.6 Å². The van der Waals surface area contributed by atoms with Crippen LogP contribution in [-0.2, 0) is 4.74 Å². The van der Waals surface area contributed by atoms with E-state index in [1.54, 1.807) is 0 Å². The van der Waals surface area contributed by atoms with Gasteiger partial charge in [0, 0.05) is 0 Å². The van der Waals surface area contributed by atoms with Gasteiger partial charge >= 0.3 is 0 Å². The lowest BCUT2D eigenvalue weighted by Crippen LogP contribution is -2.22. The molecule has 1 saturated carbocycles. The van der Waals surface area contributed by atoms with Crippen LogP contribution in [-0.4, -0.2) is 17.8 Å². The van der Waals surface area contributed by atoms with E-state index in [0.29, 0.717) is 18.6 Å². The summed E-state index contributed by atoms with van der Waals surface area (Å²) in [6, 6.07) is 8.25. The fourth-order valence-corrected chi connectivity index (χ4v) is 2.82. The first-order chi connectivity index (χ1) is 9.56. The minimum atomic E-state index is -0.504. The minimum absolute atomic E-state index is 0.343. The van der Waals surface area contributed by atoms with Gasteiger partial charge in [-0.2, -0.15) is 0 Å². The molecule has 1 N–H and O–H groups in total. The Balaban J connectivity index is 1.80. The number of aliphatic hydroxyl groups excluding tert-OH is 1. The van der Waals surface area contributed by atoms with Gasteiger partial charge in [0.05, 0.1) is 12.7 Å². The van der Waals surface area contributed by atoms with Crippen molar-refractivity contribution in [2.24, 2.45) is 5.92 Å². The van der Waals surface area contributed by atoms with Crippen LogP contribution in [0.25, 0.3) is 0 Å². The topological polar surface area (TPSA) is 29.5 Å². The Bertz CT molecular complexity index is 388. The molecular weight excluding hydrogens is 248 g/mol. The number of hydrogen-bond donors (Lipinski definition) is 1. The largest absolute Gasteiger partial charge is 0.386 e. The average Bonchev–Trinajstić information content (AvgIpc) is 2.46. The van der Waals surface area contributed by atoms with E-state index in [4.69, 9.17) is 4.74 Å². The third-order valence-corrected chi connectivity index (χ3v) is 4.44. The molecule has 0 radical (unpaired) electrons. The molecule has 0 spiro atoms. The number of benzene rings is 1. The highest BCUT2D eigenvalue weighted by molar-refractivity contribution is 5.26. The van der Waals surface area contributed by atoms with E-state index in [1.807, 2.05) is 12.1 Å². The third kappa shape index (κ3) is 4.32. The summed E-state index contributed by atoms with van der Waals surface area (Å²) in [5.41, 5.74) is 2.27. The molecule has 1 aliphatic rings. The van der Waals surface area contributed by atoms with Crippen molar-refractivity contribution in [3.8, 4) is 0 Å². The van der Waals surface area contributed by atoms with Gasteiger partial charge in [-0.15, -0.1) is 0 Å². The minimum Gasteiger partial charge on any atom is -0.386 e. The fraction of sp³-hybridized carbons (Fsp3) is 0.667. The maximum Gasteiger partial charge on any atom is 0.102 e. The van der Waals surface area contributed by atoms with Crippen LogP contribution in [0.5, 0.6) is 0 Å². The predicted molar refractivity (Wildman–Crippen MR) is 82.9 cm³/mol. The number of rotatable bonds is 5. The third-order valence-electron chi connectivity index (χ3n) is 4.44. The lowest BCUT2D eigenvalue weighted by molar-refractivity contribution is -0.0294. The first-order valence-corrected chi connectivity index (χ1v) is 7.95. The molecule has 0 heterocycles. The van der Waals surface area contributed by atoms with Gasteiger partial charge in [0.1, 0.15) is 6.10 Å². The summed E-state index contributed by atoms with van der Waals surface area (Å²) < 4.78 is 5.88. The van der Waals surface area contributed by atoms with E-state index in [0.717, 1.165) is 24.3 Å². The van der Waals surface area contributed by atoms with E-state index in [2.05, 4.69) is 32.9 Å². The molecule has 0 amide bonds. The van der Waals surface area contributed by atoms with Gasteiger partial charge in [-0.3, -0.25) is 0 Å². The van der Waals surface area contributed by atoms with Crippen molar-refractivity contribution in [2.45, 2.75) is 64.6 Å². The average molecular weight is 276 g/mol. The highest BCUT2D eigenvalue weighted by Gasteiger charge is 2.20. The SMILES string of the molecule is CC1CCC(OCC(O)c2ccc(C(C)C)cc2)CC1. The zero-order chi connectivity index (χ0) is 14.5. The second kappa shape index (κ2) is 7.24. The Hall–Kier alpha value is -0.860. The monoisotopic (exact) mass is 276 g/mol. The molecule has 0 saturated heterocycles. The quantitative estimate of drug-likeness (QED) is 0.861. The zero-order valence-electron chi connectivity index (χ0n) is 13.0. The Morgan fingerprint density at radius 1 is 1.05 bits per heavy atom. The Kier molecular flexibility index (Phi) is 5.62. The molecule has 20 heavy (non-hydrogen) atoms. The van der Waals surface area contributed by atoms with Crippen LogP contribution in [0.3, 0.4) is 0 Å². The Morgan fingerprint density at radius 3 is 2.15 bits per heavy atom. The number of aliphatic hydroxyl groups is 1. The van der Waals surface area contributed by atoms with Crippen LogP contribution in [0, 0.1) is 5.92 Å². The lowest BCUT2D eigenvalue weighted by atomic mass is 9.89. The summed E-state index contributed by atoms with van der Waals surface area (Å²) in [6.07, 6.45) is 4.62. The molecular formula is C18H28O2. The van der Waals surface area contributed by atoms with Crippen molar-refractivity contribution >= 4 is 0 Å². The predicted octanol–water partition coefficient (Wildman–Crippen LogP) is 4.44. The molecule has 0 aliphatic heterocycles. The van der Waals surface area contributed by atoms with Crippen molar-refractivity contribution in [3.63, 3.8) is 0 Å². The molecule has 1 aromatic carbocycles. The summed E-state index contributed by atoms with van der Waals surface area (Å²) in [6.45, 7) is 7.08. The zero-order valence-corrected chi connectivity index (χ0v) is 13.0. The molecule has 0 bridgehead atoms. The van der Waals surface area contributed by atoms with E-state index < -0.39 is 6.10 Å². The maximum atomic E-state index is 10.2. The van der Waals surface area contributed by atoms with Crippen LogP contribution in [0.2, 0.25) is 0 Å². The molecule has 1 aliphatic carbocycles. The van der Waals surface area contributed by atoms with E-state index in [1.165, 1.54) is 18.4 Å². The lowest BCUT2D eigenvalue weighted by Gasteiger charge is -2.27.